The molecule has 5 nitrogen and oxygen atoms in total. The van der Waals surface area contributed by atoms with Gasteiger partial charge in [-0.25, -0.2) is 9.18 Å². The molecular formula is C15H20FN3O2. The van der Waals surface area contributed by atoms with E-state index in [0.29, 0.717) is 12.1 Å². The first-order valence-electron chi connectivity index (χ1n) is 7.02. The molecule has 1 fully saturated rings. The third-order valence-electron chi connectivity index (χ3n) is 3.57. The minimum Gasteiger partial charge on any atom is -0.335 e. The van der Waals surface area contributed by atoms with Crippen LogP contribution < -0.4 is 10.6 Å². The van der Waals surface area contributed by atoms with Crippen LogP contribution in [0.5, 0.6) is 0 Å². The molecule has 1 saturated carbocycles. The van der Waals surface area contributed by atoms with Crippen LogP contribution in [0.1, 0.15) is 25.3 Å². The lowest BCUT2D eigenvalue weighted by atomic mass is 10.1. The fourth-order valence-corrected chi connectivity index (χ4v) is 1.90. The lowest BCUT2D eigenvalue weighted by Gasteiger charge is -2.23. The molecule has 0 aromatic heterocycles. The smallest absolute Gasteiger partial charge is 0.321 e. The second kappa shape index (κ2) is 6.67. The Morgan fingerprint density at radius 3 is 2.67 bits per heavy atom. The van der Waals surface area contributed by atoms with E-state index >= 15 is 0 Å². The van der Waals surface area contributed by atoms with Gasteiger partial charge in [-0.2, -0.15) is 0 Å². The van der Waals surface area contributed by atoms with Gasteiger partial charge in [0.05, 0.1) is 6.04 Å². The first kappa shape index (κ1) is 15.4. The molecule has 0 radical (unpaired) electrons. The summed E-state index contributed by atoms with van der Waals surface area (Å²) in [5, 5.41) is 5.00. The van der Waals surface area contributed by atoms with Crippen molar-refractivity contribution in [1.29, 1.82) is 0 Å². The Morgan fingerprint density at radius 2 is 2.05 bits per heavy atom. The summed E-state index contributed by atoms with van der Waals surface area (Å²) < 4.78 is 13.6. The zero-order valence-electron chi connectivity index (χ0n) is 12.2. The van der Waals surface area contributed by atoms with Crippen LogP contribution in [0, 0.1) is 5.82 Å². The van der Waals surface area contributed by atoms with Gasteiger partial charge in [-0.1, -0.05) is 18.2 Å². The number of likely N-dealkylation sites (N-methyl/N-ethyl adjacent to an activating group) is 1. The quantitative estimate of drug-likeness (QED) is 0.867. The van der Waals surface area contributed by atoms with E-state index in [-0.39, 0.29) is 11.9 Å². The van der Waals surface area contributed by atoms with Crippen molar-refractivity contribution in [2.24, 2.45) is 0 Å². The van der Waals surface area contributed by atoms with Crippen LogP contribution in [0.15, 0.2) is 24.3 Å². The molecule has 1 aliphatic rings. The Hall–Kier alpha value is -1.95. The second-order valence-electron chi connectivity index (χ2n) is 5.42. The number of benzene rings is 1. The number of nitrogens with zero attached hydrogens (tertiary/aromatic N) is 1. The summed E-state index contributed by atoms with van der Waals surface area (Å²) in [6.45, 7) is 1.98. The average Bonchev–Trinajstić information content (AvgIpc) is 3.24. The van der Waals surface area contributed by atoms with Crippen LogP contribution >= 0.6 is 0 Å². The lowest BCUT2D eigenvalue weighted by molar-refractivity contribution is -0.124. The van der Waals surface area contributed by atoms with Gasteiger partial charge < -0.3 is 5.32 Å². The van der Waals surface area contributed by atoms with E-state index in [1.807, 2.05) is 0 Å². The Labute approximate surface area is 123 Å². The molecular weight excluding hydrogens is 273 g/mol. The van der Waals surface area contributed by atoms with E-state index < -0.39 is 18.0 Å². The fraction of sp³-hybridized carbons (Fsp3) is 0.467. The minimum atomic E-state index is -0.533. The predicted molar refractivity (Wildman–Crippen MR) is 77.0 cm³/mol. The first-order valence-corrected chi connectivity index (χ1v) is 7.02. The molecule has 0 spiro atoms. The first-order chi connectivity index (χ1) is 9.97. The maximum atomic E-state index is 13.6. The van der Waals surface area contributed by atoms with Crippen molar-refractivity contribution < 1.29 is 14.0 Å². The molecule has 1 aromatic rings. The van der Waals surface area contributed by atoms with Crippen molar-refractivity contribution in [1.82, 2.24) is 15.5 Å². The number of urea groups is 1. The second-order valence-corrected chi connectivity index (χ2v) is 5.42. The molecule has 0 aliphatic heterocycles. The highest BCUT2D eigenvalue weighted by atomic mass is 19.1. The van der Waals surface area contributed by atoms with Crippen molar-refractivity contribution in [2.45, 2.75) is 38.4 Å². The number of hydrogen-bond acceptors (Lipinski definition) is 3. The average molecular weight is 293 g/mol. The molecule has 1 atom stereocenters. The Balaban J connectivity index is 1.85. The summed E-state index contributed by atoms with van der Waals surface area (Å²) in [4.78, 5) is 25.2. The highest BCUT2D eigenvalue weighted by Crippen LogP contribution is 2.18. The van der Waals surface area contributed by atoms with Crippen LogP contribution in [-0.2, 0) is 11.3 Å². The van der Waals surface area contributed by atoms with E-state index in [0.717, 1.165) is 12.8 Å². The van der Waals surface area contributed by atoms with E-state index in [2.05, 4.69) is 10.6 Å². The standard InChI is InChI=1S/C15H20FN3O2/c1-10(14(20)18-15(21)17-12-7-8-12)19(2)9-11-5-3-4-6-13(11)16/h3-6,10,12H,7-9H2,1-2H3,(H2,17,18,20,21)/t10-/m1/s1. The summed E-state index contributed by atoms with van der Waals surface area (Å²) in [5.74, 6) is -0.699. The summed E-state index contributed by atoms with van der Waals surface area (Å²) in [5.41, 5.74) is 0.516. The Kier molecular flexibility index (Phi) is 4.90. The van der Waals surface area contributed by atoms with Crippen LogP contribution in [0.25, 0.3) is 0 Å². The SMILES string of the molecule is C[C@H](C(=O)NC(=O)NC1CC1)N(C)Cc1ccccc1F. The fourth-order valence-electron chi connectivity index (χ4n) is 1.90. The number of amides is 3. The summed E-state index contributed by atoms with van der Waals surface area (Å²) in [6, 6.07) is 5.64. The van der Waals surface area contributed by atoms with Gasteiger partial charge in [-0.3, -0.25) is 15.0 Å². The summed E-state index contributed by atoms with van der Waals surface area (Å²) >= 11 is 0. The molecule has 0 heterocycles. The third kappa shape index (κ3) is 4.53. The van der Waals surface area contributed by atoms with Crippen LogP contribution in [0.3, 0.4) is 0 Å². The van der Waals surface area contributed by atoms with Crippen LogP contribution in [0.4, 0.5) is 9.18 Å². The van der Waals surface area contributed by atoms with Crippen molar-refractivity contribution in [3.05, 3.63) is 35.6 Å². The zero-order chi connectivity index (χ0) is 15.4. The number of carbonyl (C=O) groups excluding carboxylic acids is 2. The molecule has 6 heteroatoms. The lowest BCUT2D eigenvalue weighted by Crippen LogP contribution is -2.48. The van der Waals surface area contributed by atoms with Crippen molar-refractivity contribution in [3.63, 3.8) is 0 Å². The molecule has 3 amide bonds. The molecule has 1 aliphatic carbocycles. The third-order valence-corrected chi connectivity index (χ3v) is 3.57. The maximum Gasteiger partial charge on any atom is 0.321 e. The number of carbonyl (C=O) groups is 2. The number of imide groups is 1. The van der Waals surface area contributed by atoms with E-state index in [1.54, 1.807) is 37.1 Å². The van der Waals surface area contributed by atoms with Crippen LogP contribution in [0.2, 0.25) is 0 Å². The Morgan fingerprint density at radius 1 is 1.38 bits per heavy atom. The normalized spacial score (nSPS) is 15.6. The van der Waals surface area contributed by atoms with Gasteiger partial charge in [0.25, 0.3) is 0 Å². The summed E-state index contributed by atoms with van der Waals surface area (Å²) in [7, 11) is 1.72. The predicted octanol–water partition coefficient (Wildman–Crippen LogP) is 1.63. The van der Waals surface area contributed by atoms with Gasteiger partial charge in [-0.05, 0) is 32.9 Å². The van der Waals surface area contributed by atoms with E-state index in [1.165, 1.54) is 6.07 Å². The molecule has 2 N–H and O–H groups in total. The van der Waals surface area contributed by atoms with Crippen LogP contribution in [-0.4, -0.2) is 36.0 Å². The maximum absolute atomic E-state index is 13.6. The molecule has 114 valence electrons. The zero-order valence-corrected chi connectivity index (χ0v) is 12.2. The monoisotopic (exact) mass is 293 g/mol. The van der Waals surface area contributed by atoms with Crippen molar-refractivity contribution in [3.8, 4) is 0 Å². The largest absolute Gasteiger partial charge is 0.335 e. The molecule has 0 bridgehead atoms. The highest BCUT2D eigenvalue weighted by Gasteiger charge is 2.26. The van der Waals surface area contributed by atoms with Gasteiger partial charge in [0.15, 0.2) is 0 Å². The topological polar surface area (TPSA) is 61.4 Å². The van der Waals surface area contributed by atoms with Gasteiger partial charge >= 0.3 is 6.03 Å². The van der Waals surface area contributed by atoms with E-state index in [4.69, 9.17) is 0 Å². The number of hydrogen-bond donors (Lipinski definition) is 2. The van der Waals surface area contributed by atoms with Gasteiger partial charge in [0.2, 0.25) is 5.91 Å². The molecule has 1 aromatic carbocycles. The molecule has 0 saturated heterocycles. The van der Waals surface area contributed by atoms with Crippen molar-refractivity contribution >= 4 is 11.9 Å². The van der Waals surface area contributed by atoms with Crippen molar-refractivity contribution in [2.75, 3.05) is 7.05 Å². The number of nitrogens with one attached hydrogen (secondary N) is 2. The van der Waals surface area contributed by atoms with E-state index in [9.17, 15) is 14.0 Å². The molecule has 21 heavy (non-hydrogen) atoms. The number of rotatable bonds is 5. The highest BCUT2D eigenvalue weighted by molar-refractivity contribution is 5.96. The van der Waals surface area contributed by atoms with Gasteiger partial charge in [-0.15, -0.1) is 0 Å². The number of halogens is 1. The van der Waals surface area contributed by atoms with Gasteiger partial charge in [0, 0.05) is 18.2 Å². The van der Waals surface area contributed by atoms with Gasteiger partial charge in [0.1, 0.15) is 5.82 Å². The Bertz CT molecular complexity index is 531. The minimum absolute atomic E-state index is 0.198. The molecule has 0 unspecified atom stereocenters. The summed E-state index contributed by atoms with van der Waals surface area (Å²) in [6.07, 6.45) is 1.93. The molecule has 2 rings (SSSR count).